The van der Waals surface area contributed by atoms with Gasteiger partial charge in [0.25, 0.3) is 5.91 Å². The molecule has 1 saturated carbocycles. The third kappa shape index (κ3) is 5.73. The Balaban J connectivity index is 1.45. The van der Waals surface area contributed by atoms with Gasteiger partial charge in [-0.3, -0.25) is 4.79 Å². The smallest absolute Gasteiger partial charge is 0.406 e. The minimum absolute atomic E-state index is 0.114. The molecule has 1 amide bonds. The van der Waals surface area contributed by atoms with E-state index in [-0.39, 0.29) is 35.1 Å². The lowest BCUT2D eigenvalue weighted by molar-refractivity contribution is -0.274. The highest BCUT2D eigenvalue weighted by Gasteiger charge is 2.33. The molecule has 9 heteroatoms. The third-order valence-electron chi connectivity index (χ3n) is 5.52. The summed E-state index contributed by atoms with van der Waals surface area (Å²) in [5, 5.41) is 6.91. The summed E-state index contributed by atoms with van der Waals surface area (Å²) in [5.74, 6) is -0.541. The lowest BCUT2D eigenvalue weighted by Crippen LogP contribution is -2.41. The zero-order valence-corrected chi connectivity index (χ0v) is 17.9. The Morgan fingerprint density at radius 2 is 1.85 bits per heavy atom. The van der Waals surface area contributed by atoms with E-state index >= 15 is 0 Å². The van der Waals surface area contributed by atoms with Gasteiger partial charge in [-0.1, -0.05) is 35.5 Å². The molecule has 1 N–H and O–H groups in total. The molecular weight excluding hydrogens is 437 g/mol. The number of carbonyl (C=O) groups excluding carboxylic acids is 1. The van der Waals surface area contributed by atoms with Crippen LogP contribution < -0.4 is 10.1 Å². The van der Waals surface area contributed by atoms with Crippen LogP contribution in [0.3, 0.4) is 0 Å². The number of aromatic nitrogens is 1. The first-order valence-electron chi connectivity index (χ1n) is 10.6. The van der Waals surface area contributed by atoms with Crippen molar-refractivity contribution in [1.29, 1.82) is 0 Å². The van der Waals surface area contributed by atoms with E-state index in [1.807, 2.05) is 30.3 Å². The number of ether oxygens (including phenoxy) is 2. The highest BCUT2D eigenvalue weighted by Crippen LogP contribution is 2.31. The van der Waals surface area contributed by atoms with Crippen molar-refractivity contribution in [3.05, 3.63) is 71.4 Å². The fraction of sp³-hybridized carbons (Fsp3) is 0.333. The number of hydrogen-bond donors (Lipinski definition) is 1. The summed E-state index contributed by atoms with van der Waals surface area (Å²) in [4.78, 5) is 13.1. The molecule has 1 aromatic heterocycles. The van der Waals surface area contributed by atoms with Gasteiger partial charge in [-0.15, -0.1) is 13.2 Å². The van der Waals surface area contributed by atoms with Crippen LogP contribution >= 0.6 is 0 Å². The van der Waals surface area contributed by atoms with Gasteiger partial charge >= 0.3 is 6.36 Å². The van der Waals surface area contributed by atoms with Crippen LogP contribution in [0.2, 0.25) is 0 Å². The van der Waals surface area contributed by atoms with Crippen molar-refractivity contribution in [1.82, 2.24) is 10.5 Å². The second kappa shape index (κ2) is 9.66. The molecule has 0 spiro atoms. The maximum Gasteiger partial charge on any atom is 0.573 e. The summed E-state index contributed by atoms with van der Waals surface area (Å²) in [7, 11) is 0. The Bertz CT molecular complexity index is 1080. The Hall–Kier alpha value is -3.33. The van der Waals surface area contributed by atoms with Crippen molar-refractivity contribution in [3.8, 4) is 17.1 Å². The van der Waals surface area contributed by atoms with Crippen molar-refractivity contribution < 1.29 is 32.0 Å². The number of nitrogens with one attached hydrogen (secondary N) is 1. The van der Waals surface area contributed by atoms with Gasteiger partial charge in [-0.05, 0) is 56.0 Å². The largest absolute Gasteiger partial charge is 0.573 e. The molecule has 1 fully saturated rings. The molecule has 4 rings (SSSR count). The molecule has 2 atom stereocenters. The van der Waals surface area contributed by atoms with E-state index < -0.39 is 6.36 Å². The van der Waals surface area contributed by atoms with Gasteiger partial charge in [-0.25, -0.2) is 0 Å². The number of halogens is 3. The van der Waals surface area contributed by atoms with Gasteiger partial charge < -0.3 is 19.3 Å². The van der Waals surface area contributed by atoms with Crippen LogP contribution in [0.1, 0.15) is 40.9 Å². The van der Waals surface area contributed by atoms with Crippen molar-refractivity contribution in [2.45, 2.75) is 51.3 Å². The normalized spacial score (nSPS) is 18.3. The molecule has 1 heterocycles. The van der Waals surface area contributed by atoms with Crippen molar-refractivity contribution in [2.75, 3.05) is 0 Å². The van der Waals surface area contributed by atoms with Crippen LogP contribution in [0.4, 0.5) is 13.2 Å². The summed E-state index contributed by atoms with van der Waals surface area (Å²) >= 11 is 0. The maximum absolute atomic E-state index is 13.1. The molecule has 33 heavy (non-hydrogen) atoms. The van der Waals surface area contributed by atoms with E-state index in [4.69, 9.17) is 9.26 Å². The van der Waals surface area contributed by atoms with Crippen LogP contribution in [0.25, 0.3) is 11.3 Å². The number of benzene rings is 2. The van der Waals surface area contributed by atoms with Crippen molar-refractivity contribution in [3.63, 3.8) is 0 Å². The summed E-state index contributed by atoms with van der Waals surface area (Å²) in [5.41, 5.74) is 2.11. The molecule has 6 nitrogen and oxygen atoms in total. The van der Waals surface area contributed by atoms with Gasteiger partial charge in [0.15, 0.2) is 5.76 Å². The Morgan fingerprint density at radius 1 is 1.12 bits per heavy atom. The monoisotopic (exact) mass is 460 g/mol. The standard InChI is InChI=1S/C24H23F3N2O4/c1-15-21(22(33-29-15)17-10-12-18(13-11-17)32-24(25,26)27)23(30)28-19-8-5-9-20(19)31-14-16-6-3-2-4-7-16/h2-4,6-7,10-13,19-20H,5,8-9,14H2,1H3,(H,28,30)/t19-,20-/m0/s1. The average molecular weight is 460 g/mol. The highest BCUT2D eigenvalue weighted by molar-refractivity contribution is 6.00. The number of aryl methyl sites for hydroxylation is 1. The molecule has 0 aliphatic heterocycles. The molecule has 3 aromatic rings. The molecule has 2 aromatic carbocycles. The second-order valence-electron chi connectivity index (χ2n) is 7.89. The third-order valence-corrected chi connectivity index (χ3v) is 5.52. The topological polar surface area (TPSA) is 73.6 Å². The SMILES string of the molecule is Cc1noc(-c2ccc(OC(F)(F)F)cc2)c1C(=O)N[C@H]1CCC[C@@H]1OCc1ccccc1. The molecule has 1 aliphatic rings. The maximum atomic E-state index is 13.1. The lowest BCUT2D eigenvalue weighted by Gasteiger charge is -2.21. The number of amides is 1. The van der Waals surface area contributed by atoms with E-state index in [0.29, 0.717) is 17.9 Å². The molecule has 0 saturated heterocycles. The average Bonchev–Trinajstić information content (AvgIpc) is 3.38. The quantitative estimate of drug-likeness (QED) is 0.510. The van der Waals surface area contributed by atoms with Gasteiger partial charge in [0.05, 0.1) is 24.4 Å². The van der Waals surface area contributed by atoms with Crippen LogP contribution in [0, 0.1) is 6.92 Å². The Labute approximate surface area is 188 Å². The van der Waals surface area contributed by atoms with Gasteiger partial charge in [0.1, 0.15) is 11.3 Å². The molecule has 1 aliphatic carbocycles. The predicted octanol–water partition coefficient (Wildman–Crippen LogP) is 5.42. The zero-order chi connectivity index (χ0) is 23.4. The lowest BCUT2D eigenvalue weighted by atomic mass is 10.1. The van der Waals surface area contributed by atoms with Gasteiger partial charge in [-0.2, -0.15) is 0 Å². The molecule has 0 bridgehead atoms. The van der Waals surface area contributed by atoms with E-state index in [0.717, 1.165) is 37.0 Å². The van der Waals surface area contributed by atoms with Crippen LogP contribution in [0.5, 0.6) is 5.75 Å². The fourth-order valence-corrected chi connectivity index (χ4v) is 3.95. The first kappa shape index (κ1) is 22.8. The zero-order valence-electron chi connectivity index (χ0n) is 17.9. The second-order valence-corrected chi connectivity index (χ2v) is 7.89. The van der Waals surface area contributed by atoms with Crippen molar-refractivity contribution >= 4 is 5.91 Å². The van der Waals surface area contributed by atoms with E-state index in [9.17, 15) is 18.0 Å². The van der Waals surface area contributed by atoms with Crippen LogP contribution in [-0.4, -0.2) is 29.6 Å². The van der Waals surface area contributed by atoms with E-state index in [1.165, 1.54) is 12.1 Å². The van der Waals surface area contributed by atoms with Gasteiger partial charge in [0, 0.05) is 5.56 Å². The highest BCUT2D eigenvalue weighted by atomic mass is 19.4. The summed E-state index contributed by atoms with van der Waals surface area (Å²) in [6.45, 7) is 2.10. The number of nitrogens with zero attached hydrogens (tertiary/aromatic N) is 1. The van der Waals surface area contributed by atoms with E-state index in [1.54, 1.807) is 6.92 Å². The molecule has 0 unspecified atom stereocenters. The van der Waals surface area contributed by atoms with Crippen LogP contribution in [0.15, 0.2) is 59.1 Å². The number of hydrogen-bond acceptors (Lipinski definition) is 5. The predicted molar refractivity (Wildman–Crippen MR) is 113 cm³/mol. The van der Waals surface area contributed by atoms with Gasteiger partial charge in [0.2, 0.25) is 0 Å². The van der Waals surface area contributed by atoms with E-state index in [2.05, 4.69) is 15.2 Å². The first-order valence-corrected chi connectivity index (χ1v) is 10.6. The minimum Gasteiger partial charge on any atom is -0.406 e. The number of alkyl halides is 3. The molecular formula is C24H23F3N2O4. The molecule has 174 valence electrons. The summed E-state index contributed by atoms with van der Waals surface area (Å²) in [6, 6.07) is 14.7. The van der Waals surface area contributed by atoms with Crippen LogP contribution in [-0.2, 0) is 11.3 Å². The molecule has 0 radical (unpaired) electrons. The number of rotatable bonds is 7. The fourth-order valence-electron chi connectivity index (χ4n) is 3.95. The summed E-state index contributed by atoms with van der Waals surface area (Å²) < 4.78 is 52.5. The minimum atomic E-state index is -4.78. The summed E-state index contributed by atoms with van der Waals surface area (Å²) in [6.07, 6.45) is -2.34. The van der Waals surface area contributed by atoms with Crippen molar-refractivity contribution in [2.24, 2.45) is 0 Å². The number of carbonyl (C=O) groups is 1. The Kier molecular flexibility index (Phi) is 6.69. The first-order chi connectivity index (χ1) is 15.8. The Morgan fingerprint density at radius 3 is 2.55 bits per heavy atom.